The lowest BCUT2D eigenvalue weighted by Gasteiger charge is -2.53. The molecule has 6 nitrogen and oxygen atoms in total. The Balaban J connectivity index is 1.66. The van der Waals surface area contributed by atoms with Gasteiger partial charge in [0.2, 0.25) is 5.91 Å². The zero-order chi connectivity index (χ0) is 20.1. The summed E-state index contributed by atoms with van der Waals surface area (Å²) in [5, 5.41) is 22.7. The minimum atomic E-state index is -0.129. The number of nitrogens with one attached hydrogen (secondary N) is 1. The molecule has 0 aromatic heterocycles. The average molecular weight is 389 g/mol. The summed E-state index contributed by atoms with van der Waals surface area (Å²) in [7, 11) is 1.54. The van der Waals surface area contributed by atoms with E-state index in [1.165, 1.54) is 0 Å². The third kappa shape index (κ3) is 2.80. The number of phenolic OH excluding ortho intramolecular Hbond substituents is 1. The van der Waals surface area contributed by atoms with Crippen molar-refractivity contribution in [3.63, 3.8) is 0 Å². The highest BCUT2D eigenvalue weighted by Crippen LogP contribution is 2.70. The van der Waals surface area contributed by atoms with Crippen LogP contribution in [0.2, 0.25) is 0 Å². The van der Waals surface area contributed by atoms with Crippen LogP contribution in [0.25, 0.3) is 0 Å². The fourth-order valence-corrected chi connectivity index (χ4v) is 6.34. The van der Waals surface area contributed by atoms with Crippen molar-refractivity contribution in [3.8, 4) is 11.5 Å². The van der Waals surface area contributed by atoms with Crippen LogP contribution in [-0.4, -0.2) is 42.5 Å². The van der Waals surface area contributed by atoms with E-state index < -0.39 is 0 Å². The van der Waals surface area contributed by atoms with Gasteiger partial charge in [0.25, 0.3) is 0 Å². The maximum Gasteiger partial charge on any atom is 0.222 e. The smallest absolute Gasteiger partial charge is 0.222 e. The quantitative estimate of drug-likeness (QED) is 0.721. The summed E-state index contributed by atoms with van der Waals surface area (Å²) in [6.07, 6.45) is 3.14. The Hall–Kier alpha value is -1.79. The van der Waals surface area contributed by atoms with Crippen molar-refractivity contribution in [3.05, 3.63) is 23.8 Å². The van der Waals surface area contributed by atoms with Crippen LogP contribution in [0.5, 0.6) is 11.5 Å². The molecule has 28 heavy (non-hydrogen) atoms. The van der Waals surface area contributed by atoms with Crippen molar-refractivity contribution < 1.29 is 24.5 Å². The van der Waals surface area contributed by atoms with Gasteiger partial charge in [0.15, 0.2) is 11.5 Å². The summed E-state index contributed by atoms with van der Waals surface area (Å²) in [6.45, 7) is 5.03. The third-order valence-electron chi connectivity index (χ3n) is 7.68. The Kier molecular flexibility index (Phi) is 4.82. The molecule has 1 aliphatic heterocycles. The van der Waals surface area contributed by atoms with E-state index in [9.17, 15) is 9.90 Å². The molecule has 2 aliphatic carbocycles. The molecule has 1 heterocycles. The molecule has 2 saturated carbocycles. The summed E-state index contributed by atoms with van der Waals surface area (Å²) in [4.78, 5) is 12.4. The molecule has 1 amide bonds. The Morgan fingerprint density at radius 1 is 1.39 bits per heavy atom. The maximum atomic E-state index is 12.4. The number of phenols is 1. The largest absolute Gasteiger partial charge is 0.504 e. The lowest BCUT2D eigenvalue weighted by Crippen LogP contribution is -2.59. The van der Waals surface area contributed by atoms with Gasteiger partial charge in [0.1, 0.15) is 0 Å². The fraction of sp³-hybridized carbons (Fsp3) is 0.682. The van der Waals surface area contributed by atoms with E-state index in [-0.39, 0.29) is 47.7 Å². The zero-order valence-electron chi connectivity index (χ0n) is 16.9. The predicted octanol–water partition coefficient (Wildman–Crippen LogP) is 2.78. The molecule has 5 atom stereocenters. The standard InChI is InChI=1S/C22H31NO5/c1-21(2)14-11-15-19(13-4-5-17(27-3)16(25)10-13)28-9-7-22(15,12-14)20(21)23-18(26)6-8-24/h4-5,10,14-15,19-20,24-25H,6-9,11-12H2,1-3H3,(H,23,26)/t14-,15-,19-,20+,22-/m1/s1. The number of carbonyl (C=O) groups excluding carboxylic acids is 1. The summed E-state index contributed by atoms with van der Waals surface area (Å²) in [5.41, 5.74) is 0.983. The van der Waals surface area contributed by atoms with Gasteiger partial charge in [-0.3, -0.25) is 4.79 Å². The maximum absolute atomic E-state index is 12.4. The van der Waals surface area contributed by atoms with Crippen LogP contribution in [0.15, 0.2) is 18.2 Å². The van der Waals surface area contributed by atoms with Crippen LogP contribution in [0, 0.1) is 22.7 Å². The molecular formula is C22H31NO5. The summed E-state index contributed by atoms with van der Waals surface area (Å²) in [5.74, 6) is 1.32. The Morgan fingerprint density at radius 3 is 2.86 bits per heavy atom. The van der Waals surface area contributed by atoms with E-state index in [4.69, 9.17) is 14.6 Å². The predicted molar refractivity (Wildman–Crippen MR) is 104 cm³/mol. The monoisotopic (exact) mass is 389 g/mol. The highest BCUT2D eigenvalue weighted by atomic mass is 16.5. The van der Waals surface area contributed by atoms with Crippen LogP contribution in [0.1, 0.15) is 51.2 Å². The van der Waals surface area contributed by atoms with Gasteiger partial charge >= 0.3 is 0 Å². The van der Waals surface area contributed by atoms with Crippen LogP contribution >= 0.6 is 0 Å². The molecule has 2 bridgehead atoms. The molecule has 1 saturated heterocycles. The lowest BCUT2D eigenvalue weighted by molar-refractivity contribution is -0.137. The van der Waals surface area contributed by atoms with E-state index in [0.29, 0.717) is 24.2 Å². The average Bonchev–Trinajstić information content (AvgIpc) is 3.14. The highest BCUT2D eigenvalue weighted by molar-refractivity contribution is 5.76. The Bertz CT molecular complexity index is 763. The van der Waals surface area contributed by atoms with Crippen LogP contribution in [0.3, 0.4) is 0 Å². The number of amides is 1. The minimum Gasteiger partial charge on any atom is -0.504 e. The number of ether oxygens (including phenoxy) is 2. The second-order valence-electron chi connectivity index (χ2n) is 9.24. The molecule has 0 radical (unpaired) electrons. The van der Waals surface area contributed by atoms with Crippen molar-refractivity contribution in [2.45, 2.75) is 51.7 Å². The second kappa shape index (κ2) is 6.92. The molecule has 0 unspecified atom stereocenters. The second-order valence-corrected chi connectivity index (χ2v) is 9.24. The number of rotatable bonds is 5. The number of hydrogen-bond acceptors (Lipinski definition) is 5. The molecule has 3 fully saturated rings. The van der Waals surface area contributed by atoms with E-state index in [0.717, 1.165) is 24.8 Å². The first-order valence-electron chi connectivity index (χ1n) is 10.2. The van der Waals surface area contributed by atoms with Crippen molar-refractivity contribution in [1.82, 2.24) is 5.32 Å². The van der Waals surface area contributed by atoms with E-state index in [1.54, 1.807) is 19.2 Å². The summed E-state index contributed by atoms with van der Waals surface area (Å²) in [6, 6.07) is 5.58. The number of hydrogen-bond donors (Lipinski definition) is 3. The number of aliphatic hydroxyl groups is 1. The van der Waals surface area contributed by atoms with Gasteiger partial charge in [-0.2, -0.15) is 0 Å². The molecule has 4 rings (SSSR count). The number of methoxy groups -OCH3 is 1. The van der Waals surface area contributed by atoms with Gasteiger partial charge in [0.05, 0.1) is 19.8 Å². The Morgan fingerprint density at radius 2 is 2.18 bits per heavy atom. The lowest BCUT2D eigenvalue weighted by atomic mass is 9.59. The van der Waals surface area contributed by atoms with Crippen molar-refractivity contribution in [1.29, 1.82) is 0 Å². The highest BCUT2D eigenvalue weighted by Gasteiger charge is 2.68. The fourth-order valence-electron chi connectivity index (χ4n) is 6.34. The van der Waals surface area contributed by atoms with Crippen LogP contribution < -0.4 is 10.1 Å². The number of aromatic hydroxyl groups is 1. The first-order valence-corrected chi connectivity index (χ1v) is 10.2. The SMILES string of the molecule is COc1ccc([C@H]2OCC[C@@]34C[C@@H](C[C@H]23)C(C)(C)[C@@H]4NC(=O)CCO)cc1O. The first kappa shape index (κ1) is 19.5. The molecule has 1 aromatic rings. The summed E-state index contributed by atoms with van der Waals surface area (Å²) < 4.78 is 11.4. The van der Waals surface area contributed by atoms with Gasteiger partial charge in [-0.1, -0.05) is 19.9 Å². The molecule has 154 valence electrons. The number of carbonyl (C=O) groups is 1. The molecule has 3 N–H and O–H groups in total. The molecule has 3 aliphatic rings. The van der Waals surface area contributed by atoms with E-state index >= 15 is 0 Å². The Labute approximate surface area is 166 Å². The third-order valence-corrected chi connectivity index (χ3v) is 7.68. The van der Waals surface area contributed by atoms with Crippen molar-refractivity contribution in [2.24, 2.45) is 22.7 Å². The molecular weight excluding hydrogens is 358 g/mol. The number of fused-ring (bicyclic) bond motifs is 1. The molecule has 1 aromatic carbocycles. The van der Waals surface area contributed by atoms with Crippen molar-refractivity contribution >= 4 is 5.91 Å². The van der Waals surface area contributed by atoms with Gasteiger partial charge in [-0.05, 0) is 59.6 Å². The van der Waals surface area contributed by atoms with Gasteiger partial charge in [-0.15, -0.1) is 0 Å². The minimum absolute atomic E-state index is 0.00224. The summed E-state index contributed by atoms with van der Waals surface area (Å²) >= 11 is 0. The molecule has 6 heteroatoms. The normalized spacial score (nSPS) is 35.4. The van der Waals surface area contributed by atoms with Gasteiger partial charge in [0, 0.05) is 19.1 Å². The number of aliphatic hydroxyl groups excluding tert-OH is 1. The van der Waals surface area contributed by atoms with E-state index in [1.807, 2.05) is 6.07 Å². The van der Waals surface area contributed by atoms with Crippen LogP contribution in [-0.2, 0) is 9.53 Å². The molecule has 1 spiro atoms. The van der Waals surface area contributed by atoms with E-state index in [2.05, 4.69) is 19.2 Å². The topological polar surface area (TPSA) is 88.0 Å². The zero-order valence-corrected chi connectivity index (χ0v) is 16.9. The van der Waals surface area contributed by atoms with Crippen molar-refractivity contribution in [2.75, 3.05) is 20.3 Å². The van der Waals surface area contributed by atoms with Gasteiger partial charge < -0.3 is 25.0 Å². The first-order chi connectivity index (χ1) is 13.3. The number of benzene rings is 1. The van der Waals surface area contributed by atoms with Gasteiger partial charge in [-0.25, -0.2) is 0 Å². The van der Waals surface area contributed by atoms with Crippen LogP contribution in [0.4, 0.5) is 0 Å².